The maximum Gasteiger partial charge on any atom is 0.0283 e. The van der Waals surface area contributed by atoms with E-state index in [1.54, 1.807) is 0 Å². The molecule has 0 heterocycles. The standard InChI is InChI=1S/C13H26N2/c1-2-3-10-15(12-6-7-12)11-13(14)8-4-5-9-13/h12H,2-11,14H2,1H3. The summed E-state index contributed by atoms with van der Waals surface area (Å²) in [6.45, 7) is 4.72. The van der Waals surface area contributed by atoms with Gasteiger partial charge in [-0.3, -0.25) is 4.90 Å². The van der Waals surface area contributed by atoms with E-state index < -0.39 is 0 Å². The van der Waals surface area contributed by atoms with Crippen LogP contribution in [0, 0.1) is 0 Å². The Bertz CT molecular complexity index is 193. The third-order valence-electron chi connectivity index (χ3n) is 3.98. The second-order valence-electron chi connectivity index (χ2n) is 5.62. The van der Waals surface area contributed by atoms with Crippen LogP contribution in [0.25, 0.3) is 0 Å². The van der Waals surface area contributed by atoms with E-state index in [0.29, 0.717) is 0 Å². The van der Waals surface area contributed by atoms with Gasteiger partial charge in [0.25, 0.3) is 0 Å². The average molecular weight is 210 g/mol. The molecule has 2 heteroatoms. The first kappa shape index (κ1) is 11.4. The van der Waals surface area contributed by atoms with E-state index in [2.05, 4.69) is 11.8 Å². The summed E-state index contributed by atoms with van der Waals surface area (Å²) in [5.41, 5.74) is 6.62. The molecule has 0 amide bonds. The van der Waals surface area contributed by atoms with Crippen molar-refractivity contribution in [1.29, 1.82) is 0 Å². The Labute approximate surface area is 94.2 Å². The SMILES string of the molecule is CCCCN(CC1(N)CCCC1)C1CC1. The lowest BCUT2D eigenvalue weighted by atomic mass is 9.98. The van der Waals surface area contributed by atoms with Crippen molar-refractivity contribution in [2.75, 3.05) is 13.1 Å². The Hall–Kier alpha value is -0.0800. The molecule has 2 saturated carbocycles. The van der Waals surface area contributed by atoms with E-state index in [9.17, 15) is 0 Å². The van der Waals surface area contributed by atoms with Crippen LogP contribution in [-0.4, -0.2) is 29.6 Å². The van der Waals surface area contributed by atoms with Crippen LogP contribution in [0.5, 0.6) is 0 Å². The molecule has 2 aliphatic carbocycles. The van der Waals surface area contributed by atoms with Crippen molar-refractivity contribution in [1.82, 2.24) is 4.90 Å². The Morgan fingerprint density at radius 3 is 2.47 bits per heavy atom. The number of unbranched alkanes of at least 4 members (excludes halogenated alkanes) is 1. The lowest BCUT2D eigenvalue weighted by molar-refractivity contribution is 0.198. The predicted molar refractivity (Wildman–Crippen MR) is 64.9 cm³/mol. The smallest absolute Gasteiger partial charge is 0.0283 e. The monoisotopic (exact) mass is 210 g/mol. The van der Waals surface area contributed by atoms with Crippen molar-refractivity contribution in [3.05, 3.63) is 0 Å². The largest absolute Gasteiger partial charge is 0.324 e. The van der Waals surface area contributed by atoms with Crippen LogP contribution in [-0.2, 0) is 0 Å². The van der Waals surface area contributed by atoms with E-state index in [1.165, 1.54) is 57.9 Å². The second-order valence-corrected chi connectivity index (χ2v) is 5.62. The molecule has 0 aromatic carbocycles. The average Bonchev–Trinajstić information content (AvgIpc) is 2.98. The van der Waals surface area contributed by atoms with Crippen LogP contribution in [0.3, 0.4) is 0 Å². The Kier molecular flexibility index (Phi) is 3.68. The topological polar surface area (TPSA) is 29.3 Å². The minimum absolute atomic E-state index is 0.163. The molecule has 2 rings (SSSR count). The Morgan fingerprint density at radius 2 is 1.93 bits per heavy atom. The molecule has 0 saturated heterocycles. The minimum Gasteiger partial charge on any atom is -0.324 e. The molecule has 2 N–H and O–H groups in total. The van der Waals surface area contributed by atoms with Crippen molar-refractivity contribution in [3.63, 3.8) is 0 Å². The van der Waals surface area contributed by atoms with E-state index in [0.717, 1.165) is 12.6 Å². The molecule has 0 aromatic rings. The fraction of sp³-hybridized carbons (Fsp3) is 1.00. The lowest BCUT2D eigenvalue weighted by Crippen LogP contribution is -2.49. The van der Waals surface area contributed by atoms with Gasteiger partial charge in [-0.2, -0.15) is 0 Å². The summed E-state index contributed by atoms with van der Waals surface area (Å²) in [4.78, 5) is 2.68. The van der Waals surface area contributed by atoms with E-state index >= 15 is 0 Å². The van der Waals surface area contributed by atoms with Crippen molar-refractivity contribution >= 4 is 0 Å². The molecule has 0 aromatic heterocycles. The van der Waals surface area contributed by atoms with Gasteiger partial charge in [0.05, 0.1) is 0 Å². The van der Waals surface area contributed by atoms with E-state index in [-0.39, 0.29) is 5.54 Å². The van der Waals surface area contributed by atoms with E-state index in [1.807, 2.05) is 0 Å². The minimum atomic E-state index is 0.163. The van der Waals surface area contributed by atoms with Crippen LogP contribution >= 0.6 is 0 Å². The first-order chi connectivity index (χ1) is 7.23. The third kappa shape index (κ3) is 3.18. The molecule has 88 valence electrons. The number of hydrogen-bond donors (Lipinski definition) is 1. The first-order valence-corrected chi connectivity index (χ1v) is 6.76. The third-order valence-corrected chi connectivity index (χ3v) is 3.98. The van der Waals surface area contributed by atoms with Gasteiger partial charge in [0.2, 0.25) is 0 Å². The van der Waals surface area contributed by atoms with Gasteiger partial charge in [0.1, 0.15) is 0 Å². The van der Waals surface area contributed by atoms with Crippen molar-refractivity contribution in [2.45, 2.75) is 69.9 Å². The molecular formula is C13H26N2. The molecule has 0 unspecified atom stereocenters. The predicted octanol–water partition coefficient (Wildman–Crippen LogP) is 2.52. The first-order valence-electron chi connectivity index (χ1n) is 6.76. The van der Waals surface area contributed by atoms with Crippen LogP contribution < -0.4 is 5.73 Å². The van der Waals surface area contributed by atoms with Crippen molar-refractivity contribution < 1.29 is 0 Å². The quantitative estimate of drug-likeness (QED) is 0.730. The molecular weight excluding hydrogens is 184 g/mol. The molecule has 0 atom stereocenters. The van der Waals surface area contributed by atoms with Gasteiger partial charge in [0.15, 0.2) is 0 Å². The molecule has 2 aliphatic rings. The zero-order valence-corrected chi connectivity index (χ0v) is 10.2. The van der Waals surface area contributed by atoms with Crippen LogP contribution in [0.4, 0.5) is 0 Å². The van der Waals surface area contributed by atoms with Gasteiger partial charge in [-0.1, -0.05) is 26.2 Å². The van der Waals surface area contributed by atoms with Crippen molar-refractivity contribution in [2.24, 2.45) is 5.73 Å². The normalized spacial score (nSPS) is 25.0. The number of hydrogen-bond acceptors (Lipinski definition) is 2. The highest BCUT2D eigenvalue weighted by atomic mass is 15.2. The molecule has 2 fully saturated rings. The molecule has 0 aliphatic heterocycles. The zero-order chi connectivity index (χ0) is 10.7. The van der Waals surface area contributed by atoms with Crippen LogP contribution in [0.2, 0.25) is 0 Å². The molecule has 2 nitrogen and oxygen atoms in total. The van der Waals surface area contributed by atoms with Gasteiger partial charge in [-0.05, 0) is 38.6 Å². The zero-order valence-electron chi connectivity index (χ0n) is 10.2. The summed E-state index contributed by atoms with van der Waals surface area (Å²) >= 11 is 0. The highest BCUT2D eigenvalue weighted by Crippen LogP contribution is 2.33. The summed E-state index contributed by atoms with van der Waals surface area (Å²) < 4.78 is 0. The maximum atomic E-state index is 6.46. The van der Waals surface area contributed by atoms with Crippen molar-refractivity contribution in [3.8, 4) is 0 Å². The molecule has 15 heavy (non-hydrogen) atoms. The fourth-order valence-corrected chi connectivity index (χ4v) is 2.83. The van der Waals surface area contributed by atoms with Gasteiger partial charge >= 0.3 is 0 Å². The maximum absolute atomic E-state index is 6.46. The summed E-state index contributed by atoms with van der Waals surface area (Å²) in [6, 6.07) is 0.887. The number of nitrogens with zero attached hydrogens (tertiary/aromatic N) is 1. The van der Waals surface area contributed by atoms with Crippen LogP contribution in [0.1, 0.15) is 58.3 Å². The summed E-state index contributed by atoms with van der Waals surface area (Å²) in [5, 5.41) is 0. The van der Waals surface area contributed by atoms with Gasteiger partial charge in [-0.15, -0.1) is 0 Å². The highest BCUT2D eigenvalue weighted by Gasteiger charge is 2.36. The highest BCUT2D eigenvalue weighted by molar-refractivity contribution is 4.95. The molecule has 0 bridgehead atoms. The summed E-state index contributed by atoms with van der Waals surface area (Å²) in [5.74, 6) is 0. The summed E-state index contributed by atoms with van der Waals surface area (Å²) in [7, 11) is 0. The number of nitrogens with two attached hydrogens (primary N) is 1. The summed E-state index contributed by atoms with van der Waals surface area (Å²) in [6.07, 6.45) is 10.7. The second kappa shape index (κ2) is 4.84. The molecule has 0 radical (unpaired) electrons. The fourth-order valence-electron chi connectivity index (χ4n) is 2.83. The molecule has 0 spiro atoms. The van der Waals surface area contributed by atoms with Gasteiger partial charge < -0.3 is 5.73 Å². The van der Waals surface area contributed by atoms with Gasteiger partial charge in [-0.25, -0.2) is 0 Å². The van der Waals surface area contributed by atoms with E-state index in [4.69, 9.17) is 5.73 Å². The lowest BCUT2D eigenvalue weighted by Gasteiger charge is -2.32. The van der Waals surface area contributed by atoms with Gasteiger partial charge in [0, 0.05) is 18.1 Å². The number of rotatable bonds is 6. The Balaban J connectivity index is 1.82. The Morgan fingerprint density at radius 1 is 1.27 bits per heavy atom. The van der Waals surface area contributed by atoms with Crippen LogP contribution in [0.15, 0.2) is 0 Å².